The van der Waals surface area contributed by atoms with E-state index in [-0.39, 0.29) is 5.82 Å². The Morgan fingerprint density at radius 1 is 1.31 bits per heavy atom. The Morgan fingerprint density at radius 2 is 2.19 bits per heavy atom. The number of nitrogens with zero attached hydrogens (tertiary/aromatic N) is 1. The van der Waals surface area contributed by atoms with Gasteiger partial charge in [-0.05, 0) is 49.4 Å². The minimum atomic E-state index is -0.124. The summed E-state index contributed by atoms with van der Waals surface area (Å²) in [5, 5.41) is 0. The van der Waals surface area contributed by atoms with Crippen molar-refractivity contribution in [3.05, 3.63) is 29.6 Å². The summed E-state index contributed by atoms with van der Waals surface area (Å²) >= 11 is 0. The van der Waals surface area contributed by atoms with Crippen molar-refractivity contribution >= 4 is 5.69 Å². The number of fused-ring (bicyclic) bond motifs is 3. The molecule has 1 aromatic carbocycles. The molecule has 2 nitrogen and oxygen atoms in total. The Kier molecular flexibility index (Phi) is 2.36. The Bertz CT molecular complexity index is 405. The zero-order valence-electron chi connectivity index (χ0n) is 9.32. The number of hydrogen-bond donors (Lipinski definition) is 1. The predicted octanol–water partition coefficient (Wildman–Crippen LogP) is 2.07. The Hall–Kier alpha value is -1.09. The van der Waals surface area contributed by atoms with Gasteiger partial charge in [0.2, 0.25) is 0 Å². The quantitative estimate of drug-likeness (QED) is 0.785. The molecular weight excluding hydrogens is 203 g/mol. The van der Waals surface area contributed by atoms with Crippen molar-refractivity contribution in [3.63, 3.8) is 0 Å². The summed E-state index contributed by atoms with van der Waals surface area (Å²) in [4.78, 5) is 2.43. The lowest BCUT2D eigenvalue weighted by molar-refractivity contribution is 0.556. The number of rotatable bonds is 1. The van der Waals surface area contributed by atoms with E-state index in [0.717, 1.165) is 18.4 Å². The summed E-state index contributed by atoms with van der Waals surface area (Å²) in [5.41, 5.74) is 8.18. The SMILES string of the molecule is NCC1CCC2CCc3cc(F)ccc3N12. The molecule has 0 spiro atoms. The number of benzene rings is 1. The molecule has 2 aliphatic rings. The van der Waals surface area contributed by atoms with E-state index in [9.17, 15) is 4.39 Å². The van der Waals surface area contributed by atoms with Crippen molar-refractivity contribution in [1.29, 1.82) is 0 Å². The molecule has 0 amide bonds. The van der Waals surface area contributed by atoms with Gasteiger partial charge in [0.05, 0.1) is 0 Å². The molecule has 2 N–H and O–H groups in total. The van der Waals surface area contributed by atoms with E-state index in [1.807, 2.05) is 6.07 Å². The molecule has 1 saturated heterocycles. The minimum absolute atomic E-state index is 0.124. The van der Waals surface area contributed by atoms with Crippen LogP contribution in [0.5, 0.6) is 0 Å². The van der Waals surface area contributed by atoms with Crippen LogP contribution in [-0.2, 0) is 6.42 Å². The smallest absolute Gasteiger partial charge is 0.123 e. The summed E-state index contributed by atoms with van der Waals surface area (Å²) in [7, 11) is 0. The van der Waals surface area contributed by atoms with Crippen LogP contribution in [0.4, 0.5) is 10.1 Å². The highest BCUT2D eigenvalue weighted by molar-refractivity contribution is 5.58. The van der Waals surface area contributed by atoms with E-state index < -0.39 is 0 Å². The lowest BCUT2D eigenvalue weighted by atomic mass is 9.96. The summed E-state index contributed by atoms with van der Waals surface area (Å²) < 4.78 is 13.2. The second-order valence-corrected chi connectivity index (χ2v) is 4.84. The van der Waals surface area contributed by atoms with Gasteiger partial charge >= 0.3 is 0 Å². The van der Waals surface area contributed by atoms with Crippen LogP contribution in [-0.4, -0.2) is 18.6 Å². The van der Waals surface area contributed by atoms with Crippen LogP contribution in [0.25, 0.3) is 0 Å². The van der Waals surface area contributed by atoms with Gasteiger partial charge in [-0.25, -0.2) is 4.39 Å². The van der Waals surface area contributed by atoms with Crippen molar-refractivity contribution in [2.24, 2.45) is 5.73 Å². The molecule has 16 heavy (non-hydrogen) atoms. The molecule has 0 radical (unpaired) electrons. The molecule has 0 aromatic heterocycles. The van der Waals surface area contributed by atoms with Gasteiger partial charge in [0.25, 0.3) is 0 Å². The minimum Gasteiger partial charge on any atom is -0.364 e. The van der Waals surface area contributed by atoms with Gasteiger partial charge in [-0.2, -0.15) is 0 Å². The van der Waals surface area contributed by atoms with Crippen LogP contribution in [0, 0.1) is 5.82 Å². The first-order valence-corrected chi connectivity index (χ1v) is 6.06. The molecule has 0 saturated carbocycles. The van der Waals surface area contributed by atoms with Gasteiger partial charge in [0.15, 0.2) is 0 Å². The molecule has 1 fully saturated rings. The summed E-state index contributed by atoms with van der Waals surface area (Å²) in [6.07, 6.45) is 4.56. The van der Waals surface area contributed by atoms with Crippen molar-refractivity contribution < 1.29 is 4.39 Å². The standard InChI is InChI=1S/C13H17FN2/c14-10-2-6-13-9(7-10)1-3-11-4-5-12(8-15)16(11)13/h2,6-7,11-12H,1,3-5,8,15H2. The van der Waals surface area contributed by atoms with Crippen molar-refractivity contribution in [1.82, 2.24) is 0 Å². The third-order valence-electron chi connectivity index (χ3n) is 3.96. The Balaban J connectivity index is 2.02. The van der Waals surface area contributed by atoms with E-state index in [2.05, 4.69) is 4.90 Å². The number of anilines is 1. The normalized spacial score (nSPS) is 27.8. The number of nitrogens with two attached hydrogens (primary N) is 1. The first kappa shape index (κ1) is 10.1. The monoisotopic (exact) mass is 220 g/mol. The average molecular weight is 220 g/mol. The Morgan fingerprint density at radius 3 is 3.00 bits per heavy atom. The molecule has 0 bridgehead atoms. The van der Waals surface area contributed by atoms with Gasteiger partial charge in [-0.15, -0.1) is 0 Å². The fraction of sp³-hybridized carbons (Fsp3) is 0.538. The van der Waals surface area contributed by atoms with E-state index in [1.165, 1.54) is 18.5 Å². The fourth-order valence-corrected chi connectivity index (χ4v) is 3.20. The van der Waals surface area contributed by atoms with Crippen LogP contribution in [0.15, 0.2) is 18.2 Å². The van der Waals surface area contributed by atoms with Crippen LogP contribution < -0.4 is 10.6 Å². The zero-order chi connectivity index (χ0) is 11.1. The summed E-state index contributed by atoms with van der Waals surface area (Å²) in [6, 6.07) is 6.25. The highest BCUT2D eigenvalue weighted by Crippen LogP contribution is 2.39. The van der Waals surface area contributed by atoms with Gasteiger partial charge in [-0.1, -0.05) is 0 Å². The molecule has 3 rings (SSSR count). The average Bonchev–Trinajstić information content (AvgIpc) is 2.71. The van der Waals surface area contributed by atoms with Gasteiger partial charge in [0.1, 0.15) is 5.82 Å². The summed E-state index contributed by atoms with van der Waals surface area (Å²) in [5.74, 6) is -0.124. The van der Waals surface area contributed by atoms with Gasteiger partial charge in [0, 0.05) is 24.3 Å². The summed E-state index contributed by atoms with van der Waals surface area (Å²) in [6.45, 7) is 0.702. The molecule has 2 heterocycles. The number of hydrogen-bond acceptors (Lipinski definition) is 2. The molecule has 3 heteroatoms. The third kappa shape index (κ3) is 1.42. The molecule has 86 valence electrons. The first-order chi connectivity index (χ1) is 7.79. The molecular formula is C13H17FN2. The lowest BCUT2D eigenvalue weighted by Gasteiger charge is -2.37. The molecule has 0 aliphatic carbocycles. The fourth-order valence-electron chi connectivity index (χ4n) is 3.20. The molecule has 1 aromatic rings. The maximum absolute atomic E-state index is 13.2. The maximum atomic E-state index is 13.2. The lowest BCUT2D eigenvalue weighted by Crippen LogP contribution is -2.43. The molecule has 2 aliphatic heterocycles. The van der Waals surface area contributed by atoms with E-state index in [1.54, 1.807) is 12.1 Å². The van der Waals surface area contributed by atoms with Crippen molar-refractivity contribution in [2.75, 3.05) is 11.4 Å². The third-order valence-corrected chi connectivity index (χ3v) is 3.96. The highest BCUT2D eigenvalue weighted by atomic mass is 19.1. The highest BCUT2D eigenvalue weighted by Gasteiger charge is 2.36. The van der Waals surface area contributed by atoms with Crippen LogP contribution in [0.3, 0.4) is 0 Å². The second-order valence-electron chi connectivity index (χ2n) is 4.84. The Labute approximate surface area is 95.2 Å². The van der Waals surface area contributed by atoms with Gasteiger partial charge in [-0.3, -0.25) is 0 Å². The number of halogens is 1. The van der Waals surface area contributed by atoms with E-state index >= 15 is 0 Å². The first-order valence-electron chi connectivity index (χ1n) is 6.06. The van der Waals surface area contributed by atoms with Crippen molar-refractivity contribution in [2.45, 2.75) is 37.8 Å². The zero-order valence-corrected chi connectivity index (χ0v) is 9.32. The molecule has 2 atom stereocenters. The predicted molar refractivity (Wildman–Crippen MR) is 63.1 cm³/mol. The number of aryl methyl sites for hydroxylation is 1. The van der Waals surface area contributed by atoms with Crippen LogP contribution in [0.1, 0.15) is 24.8 Å². The topological polar surface area (TPSA) is 29.3 Å². The second kappa shape index (κ2) is 3.74. The van der Waals surface area contributed by atoms with E-state index in [4.69, 9.17) is 5.73 Å². The maximum Gasteiger partial charge on any atom is 0.123 e. The van der Waals surface area contributed by atoms with Crippen LogP contribution >= 0.6 is 0 Å². The van der Waals surface area contributed by atoms with Gasteiger partial charge < -0.3 is 10.6 Å². The van der Waals surface area contributed by atoms with Crippen LogP contribution in [0.2, 0.25) is 0 Å². The largest absolute Gasteiger partial charge is 0.364 e. The molecule has 2 unspecified atom stereocenters. The van der Waals surface area contributed by atoms with E-state index in [0.29, 0.717) is 18.6 Å². The van der Waals surface area contributed by atoms with Crippen molar-refractivity contribution in [3.8, 4) is 0 Å².